The minimum absolute atomic E-state index is 0.296. The number of nitrogens with zero attached hydrogens (tertiary/aromatic N) is 3. The van der Waals surface area contributed by atoms with E-state index in [4.69, 9.17) is 4.74 Å². The molecule has 7 nitrogen and oxygen atoms in total. The summed E-state index contributed by atoms with van der Waals surface area (Å²) in [5.74, 6) is -0.296. The normalized spacial score (nSPS) is 14.0. The highest BCUT2D eigenvalue weighted by Gasteiger charge is 2.28. The van der Waals surface area contributed by atoms with Gasteiger partial charge in [-0.05, 0) is 32.9 Å². The summed E-state index contributed by atoms with van der Waals surface area (Å²) in [6.45, 7) is 6.54. The predicted octanol–water partition coefficient (Wildman–Crippen LogP) is 3.08. The van der Waals surface area contributed by atoms with E-state index in [1.807, 2.05) is 20.8 Å². The number of hydrogen-bond acceptors (Lipinski definition) is 6. The van der Waals surface area contributed by atoms with Crippen molar-refractivity contribution in [2.24, 2.45) is 0 Å². The highest BCUT2D eigenvalue weighted by atomic mass is 32.1. The molecule has 8 heteroatoms. The van der Waals surface area contributed by atoms with Gasteiger partial charge in [-0.15, -0.1) is 0 Å². The number of carbonyl (C=O) groups excluding carboxylic acids is 2. The largest absolute Gasteiger partial charge is 0.444 e. The molecule has 0 radical (unpaired) electrons. The Morgan fingerprint density at radius 1 is 1.32 bits per heavy atom. The molecule has 25 heavy (non-hydrogen) atoms. The van der Waals surface area contributed by atoms with E-state index in [0.29, 0.717) is 30.3 Å². The Balaban J connectivity index is 1.67. The van der Waals surface area contributed by atoms with Gasteiger partial charge in [-0.25, -0.2) is 9.78 Å². The van der Waals surface area contributed by atoms with Crippen LogP contribution in [0.25, 0.3) is 0 Å². The van der Waals surface area contributed by atoms with Crippen molar-refractivity contribution in [3.63, 3.8) is 0 Å². The van der Waals surface area contributed by atoms with E-state index in [0.717, 1.165) is 10.6 Å². The van der Waals surface area contributed by atoms with Gasteiger partial charge in [0.1, 0.15) is 11.3 Å². The summed E-state index contributed by atoms with van der Waals surface area (Å²) < 4.78 is 5.41. The van der Waals surface area contributed by atoms with E-state index < -0.39 is 5.60 Å². The molecule has 2 amide bonds. The maximum absolute atomic E-state index is 12.2. The van der Waals surface area contributed by atoms with Crippen LogP contribution in [0.15, 0.2) is 24.4 Å². The average Bonchev–Trinajstić information content (AvgIpc) is 2.95. The van der Waals surface area contributed by atoms with Crippen molar-refractivity contribution in [1.82, 2.24) is 14.9 Å². The number of anilines is 1. The molecule has 2 aromatic heterocycles. The molecule has 0 saturated heterocycles. The Morgan fingerprint density at radius 2 is 2.12 bits per heavy atom. The zero-order chi connectivity index (χ0) is 18.0. The molecular weight excluding hydrogens is 340 g/mol. The van der Waals surface area contributed by atoms with Crippen molar-refractivity contribution in [2.75, 3.05) is 11.9 Å². The number of hydrogen-bond donors (Lipinski definition) is 1. The van der Waals surface area contributed by atoms with Crippen LogP contribution in [0.5, 0.6) is 0 Å². The van der Waals surface area contributed by atoms with E-state index in [2.05, 4.69) is 15.3 Å². The number of carbonyl (C=O) groups is 2. The van der Waals surface area contributed by atoms with E-state index in [1.54, 1.807) is 29.3 Å². The molecule has 2 aromatic rings. The first-order valence-corrected chi connectivity index (χ1v) is 8.82. The summed E-state index contributed by atoms with van der Waals surface area (Å²) in [7, 11) is 0. The molecule has 0 unspecified atom stereocenters. The molecule has 3 heterocycles. The zero-order valence-corrected chi connectivity index (χ0v) is 15.2. The second-order valence-electron chi connectivity index (χ2n) is 6.71. The highest BCUT2D eigenvalue weighted by Crippen LogP contribution is 2.29. The topological polar surface area (TPSA) is 84.4 Å². The van der Waals surface area contributed by atoms with Crippen LogP contribution in [0, 0.1) is 0 Å². The molecule has 0 saturated carbocycles. The lowest BCUT2D eigenvalue weighted by atomic mass is 10.2. The smallest absolute Gasteiger partial charge is 0.410 e. The number of rotatable bonds is 2. The van der Waals surface area contributed by atoms with E-state index in [-0.39, 0.29) is 12.0 Å². The predicted molar refractivity (Wildman–Crippen MR) is 94.7 cm³/mol. The van der Waals surface area contributed by atoms with Gasteiger partial charge in [0.05, 0.1) is 12.2 Å². The molecule has 0 atom stereocenters. The van der Waals surface area contributed by atoms with Gasteiger partial charge in [0, 0.05) is 24.0 Å². The maximum Gasteiger partial charge on any atom is 0.410 e. The number of nitrogens with one attached hydrogen (secondary N) is 1. The van der Waals surface area contributed by atoms with Crippen LogP contribution in [0.1, 0.15) is 41.8 Å². The van der Waals surface area contributed by atoms with Gasteiger partial charge in [0.25, 0.3) is 5.91 Å². The molecule has 0 aromatic carbocycles. The number of amides is 2. The third-order valence-electron chi connectivity index (χ3n) is 3.50. The van der Waals surface area contributed by atoms with Crippen LogP contribution in [0.2, 0.25) is 0 Å². The fourth-order valence-corrected chi connectivity index (χ4v) is 3.41. The Labute approximate surface area is 150 Å². The highest BCUT2D eigenvalue weighted by molar-refractivity contribution is 7.15. The zero-order valence-electron chi connectivity index (χ0n) is 14.4. The first kappa shape index (κ1) is 17.3. The van der Waals surface area contributed by atoms with Crippen LogP contribution in [0.3, 0.4) is 0 Å². The molecular formula is C17H20N4O3S. The quantitative estimate of drug-likeness (QED) is 0.890. The third kappa shape index (κ3) is 4.33. The second-order valence-corrected chi connectivity index (χ2v) is 7.79. The lowest BCUT2D eigenvalue weighted by molar-refractivity contribution is 0.0225. The summed E-state index contributed by atoms with van der Waals surface area (Å²) >= 11 is 1.38. The maximum atomic E-state index is 12.2. The fraction of sp³-hybridized carbons (Fsp3) is 0.412. The van der Waals surface area contributed by atoms with Crippen LogP contribution in [-0.2, 0) is 17.7 Å². The van der Waals surface area contributed by atoms with Crippen molar-refractivity contribution in [2.45, 2.75) is 39.3 Å². The van der Waals surface area contributed by atoms with Crippen LogP contribution in [-0.4, -0.2) is 39.0 Å². The summed E-state index contributed by atoms with van der Waals surface area (Å²) in [6, 6.07) is 5.16. The fourth-order valence-electron chi connectivity index (χ4n) is 2.39. The first-order valence-electron chi connectivity index (χ1n) is 8.01. The first-order chi connectivity index (χ1) is 11.8. The van der Waals surface area contributed by atoms with Crippen molar-refractivity contribution < 1.29 is 14.3 Å². The Hall–Kier alpha value is -2.48. The Morgan fingerprint density at radius 3 is 2.80 bits per heavy atom. The van der Waals surface area contributed by atoms with Crippen LogP contribution in [0.4, 0.5) is 9.93 Å². The second kappa shape index (κ2) is 6.79. The number of pyridine rings is 1. The number of thiazole rings is 1. The third-order valence-corrected chi connectivity index (χ3v) is 4.50. The molecule has 1 aliphatic heterocycles. The van der Waals surface area contributed by atoms with E-state index in [1.165, 1.54) is 11.3 Å². The van der Waals surface area contributed by atoms with Gasteiger partial charge in [0.2, 0.25) is 0 Å². The van der Waals surface area contributed by atoms with Gasteiger partial charge >= 0.3 is 6.09 Å². The molecule has 3 rings (SSSR count). The van der Waals surface area contributed by atoms with Crippen LogP contribution >= 0.6 is 11.3 Å². The van der Waals surface area contributed by atoms with E-state index in [9.17, 15) is 9.59 Å². The van der Waals surface area contributed by atoms with Crippen molar-refractivity contribution >= 4 is 28.5 Å². The molecule has 0 aliphatic carbocycles. The monoisotopic (exact) mass is 360 g/mol. The van der Waals surface area contributed by atoms with E-state index >= 15 is 0 Å². The molecule has 0 spiro atoms. The van der Waals surface area contributed by atoms with Crippen molar-refractivity contribution in [3.05, 3.63) is 40.7 Å². The molecule has 0 bridgehead atoms. The van der Waals surface area contributed by atoms with Gasteiger partial charge in [0.15, 0.2) is 5.13 Å². The SMILES string of the molecule is CC(C)(C)OC(=O)N1CCc2nc(NC(=O)c3ccccn3)sc2C1. The van der Waals surface area contributed by atoms with Gasteiger partial charge in [-0.2, -0.15) is 0 Å². The molecule has 1 N–H and O–H groups in total. The number of fused-ring (bicyclic) bond motifs is 1. The molecule has 1 aliphatic rings. The lowest BCUT2D eigenvalue weighted by Gasteiger charge is -2.29. The lowest BCUT2D eigenvalue weighted by Crippen LogP contribution is -2.39. The van der Waals surface area contributed by atoms with Gasteiger partial charge in [-0.1, -0.05) is 17.4 Å². The van der Waals surface area contributed by atoms with Crippen molar-refractivity contribution in [1.29, 1.82) is 0 Å². The summed E-state index contributed by atoms with van der Waals surface area (Å²) in [6.07, 6.45) is 1.89. The molecule has 0 fully saturated rings. The van der Waals surface area contributed by atoms with Crippen molar-refractivity contribution in [3.8, 4) is 0 Å². The van der Waals surface area contributed by atoms with Gasteiger partial charge < -0.3 is 9.64 Å². The Bertz CT molecular complexity index is 783. The van der Waals surface area contributed by atoms with Crippen LogP contribution < -0.4 is 5.32 Å². The summed E-state index contributed by atoms with van der Waals surface area (Å²) in [4.78, 5) is 35.5. The minimum Gasteiger partial charge on any atom is -0.444 e. The average molecular weight is 360 g/mol. The summed E-state index contributed by atoms with van der Waals surface area (Å²) in [5.41, 5.74) is 0.736. The minimum atomic E-state index is -0.521. The van der Waals surface area contributed by atoms with Gasteiger partial charge in [-0.3, -0.25) is 15.1 Å². The number of aromatic nitrogens is 2. The standard InChI is InChI=1S/C17H20N4O3S/c1-17(2,3)24-16(23)21-9-7-11-13(10-21)25-15(19-11)20-14(22)12-6-4-5-8-18-12/h4-6,8H,7,9-10H2,1-3H3,(H,19,20,22). The Kier molecular flexibility index (Phi) is 4.71. The number of ether oxygens (including phenoxy) is 1. The molecule has 132 valence electrons. The summed E-state index contributed by atoms with van der Waals surface area (Å²) in [5, 5.41) is 3.29.